The molecule has 25 heavy (non-hydrogen) atoms. The van der Waals surface area contributed by atoms with Crippen LogP contribution in [0.15, 0.2) is 24.3 Å². The van der Waals surface area contributed by atoms with Crippen LogP contribution in [0.25, 0.3) is 0 Å². The van der Waals surface area contributed by atoms with Gasteiger partial charge < -0.3 is 16.0 Å². The highest BCUT2D eigenvalue weighted by molar-refractivity contribution is 7.92. The molecule has 0 aromatic heterocycles. The predicted molar refractivity (Wildman–Crippen MR) is 96.5 cm³/mol. The lowest BCUT2D eigenvalue weighted by Gasteiger charge is -2.34. The van der Waals surface area contributed by atoms with Gasteiger partial charge in [0.15, 0.2) is 14.6 Å². The molecule has 1 heterocycles. The van der Waals surface area contributed by atoms with Gasteiger partial charge in [0.1, 0.15) is 0 Å². The number of carbonyl (C=O) groups is 2. The minimum atomic E-state index is -3.55. The molecule has 1 saturated heterocycles. The highest BCUT2D eigenvalue weighted by Crippen LogP contribution is 2.27. The van der Waals surface area contributed by atoms with E-state index in [9.17, 15) is 18.0 Å². The van der Waals surface area contributed by atoms with Crippen LogP contribution in [0.4, 0.5) is 0 Å². The fourth-order valence-corrected chi connectivity index (χ4v) is 4.43. The van der Waals surface area contributed by atoms with Crippen molar-refractivity contribution in [1.82, 2.24) is 16.0 Å². The molecule has 7 nitrogen and oxygen atoms in total. The Hall–Kier alpha value is -1.64. The van der Waals surface area contributed by atoms with E-state index in [-0.39, 0.29) is 31.8 Å². The average molecular weight is 388 g/mol. The van der Waals surface area contributed by atoms with Crippen LogP contribution in [0.3, 0.4) is 0 Å². The molecular weight excluding hydrogens is 366 g/mol. The van der Waals surface area contributed by atoms with Gasteiger partial charge in [-0.1, -0.05) is 23.7 Å². The standard InChI is InChI=1S/C16H22ClN3O4S/c1-25(23,24)16(6-8-18-9-7-16)15(22)20-11-10-19-14(21)12-4-2-3-5-13(12)17/h2-5,18H,6-11H2,1H3,(H,19,21)(H,20,22). The molecule has 0 saturated carbocycles. The lowest BCUT2D eigenvalue weighted by atomic mass is 9.96. The molecule has 3 N–H and O–H groups in total. The number of rotatable bonds is 6. The smallest absolute Gasteiger partial charge is 0.252 e. The molecule has 0 radical (unpaired) electrons. The van der Waals surface area contributed by atoms with Gasteiger partial charge in [-0.15, -0.1) is 0 Å². The number of hydrogen-bond acceptors (Lipinski definition) is 5. The van der Waals surface area contributed by atoms with Crippen molar-refractivity contribution in [3.63, 3.8) is 0 Å². The molecule has 0 atom stereocenters. The lowest BCUT2D eigenvalue weighted by molar-refractivity contribution is -0.124. The van der Waals surface area contributed by atoms with E-state index in [0.29, 0.717) is 23.7 Å². The maximum atomic E-state index is 12.5. The molecule has 1 fully saturated rings. The second-order valence-electron chi connectivity index (χ2n) is 6.01. The molecule has 9 heteroatoms. The number of halogens is 1. The number of carbonyl (C=O) groups excluding carboxylic acids is 2. The maximum absolute atomic E-state index is 12.5. The van der Waals surface area contributed by atoms with Crippen molar-refractivity contribution >= 4 is 33.3 Å². The molecule has 1 aliphatic rings. The molecule has 0 bridgehead atoms. The van der Waals surface area contributed by atoms with Crippen molar-refractivity contribution in [1.29, 1.82) is 0 Å². The molecule has 2 rings (SSSR count). The monoisotopic (exact) mass is 387 g/mol. The summed E-state index contributed by atoms with van der Waals surface area (Å²) in [5.74, 6) is -0.858. The van der Waals surface area contributed by atoms with Gasteiger partial charge in [0, 0.05) is 19.3 Å². The third kappa shape index (κ3) is 4.50. The predicted octanol–water partition coefficient (Wildman–Crippen LogP) is 0.353. The summed E-state index contributed by atoms with van der Waals surface area (Å²) >= 11 is 5.95. The van der Waals surface area contributed by atoms with E-state index >= 15 is 0 Å². The summed E-state index contributed by atoms with van der Waals surface area (Å²) in [4.78, 5) is 24.5. The minimum absolute atomic E-state index is 0.139. The number of benzene rings is 1. The first-order valence-corrected chi connectivity index (χ1v) is 10.3. The zero-order valence-electron chi connectivity index (χ0n) is 14.0. The fraction of sp³-hybridized carbons (Fsp3) is 0.500. The summed E-state index contributed by atoms with van der Waals surface area (Å²) in [6.07, 6.45) is 1.57. The third-order valence-electron chi connectivity index (χ3n) is 4.35. The first kappa shape index (κ1) is 19.7. The molecule has 1 aliphatic heterocycles. The normalized spacial score (nSPS) is 16.9. The van der Waals surface area contributed by atoms with Gasteiger partial charge in [-0.05, 0) is 38.1 Å². The van der Waals surface area contributed by atoms with Crippen molar-refractivity contribution in [3.8, 4) is 0 Å². The topological polar surface area (TPSA) is 104 Å². The lowest BCUT2D eigenvalue weighted by Crippen LogP contribution is -2.57. The van der Waals surface area contributed by atoms with E-state index in [1.165, 1.54) is 0 Å². The Morgan fingerprint density at radius 3 is 2.36 bits per heavy atom. The van der Waals surface area contributed by atoms with Gasteiger partial charge in [-0.3, -0.25) is 9.59 Å². The zero-order chi connectivity index (χ0) is 18.5. The van der Waals surface area contributed by atoms with Gasteiger partial charge in [0.25, 0.3) is 5.91 Å². The molecule has 1 aromatic rings. The van der Waals surface area contributed by atoms with Gasteiger partial charge in [0.05, 0.1) is 10.6 Å². The summed E-state index contributed by atoms with van der Waals surface area (Å²) in [6.45, 7) is 1.26. The molecule has 2 amide bonds. The van der Waals surface area contributed by atoms with Gasteiger partial charge >= 0.3 is 0 Å². The Kier molecular flexibility index (Phi) is 6.42. The first-order valence-electron chi connectivity index (χ1n) is 7.99. The van der Waals surface area contributed by atoms with Crippen LogP contribution in [0.2, 0.25) is 5.02 Å². The Bertz CT molecular complexity index is 746. The van der Waals surface area contributed by atoms with E-state index < -0.39 is 20.5 Å². The first-order chi connectivity index (χ1) is 11.8. The SMILES string of the molecule is CS(=O)(=O)C1(C(=O)NCCNC(=O)c2ccccc2Cl)CCNCC1. The van der Waals surface area contributed by atoms with Crippen molar-refractivity contribution in [2.45, 2.75) is 17.6 Å². The molecule has 0 spiro atoms. The summed E-state index contributed by atoms with van der Waals surface area (Å²) in [5, 5.41) is 8.68. The van der Waals surface area contributed by atoms with Gasteiger partial charge in [-0.2, -0.15) is 0 Å². The van der Waals surface area contributed by atoms with E-state index in [1.54, 1.807) is 24.3 Å². The Morgan fingerprint density at radius 2 is 1.76 bits per heavy atom. The van der Waals surface area contributed by atoms with E-state index in [1.807, 2.05) is 0 Å². The number of piperidine rings is 1. The second-order valence-corrected chi connectivity index (χ2v) is 8.74. The van der Waals surface area contributed by atoms with Crippen molar-refractivity contribution in [2.24, 2.45) is 0 Å². The highest BCUT2D eigenvalue weighted by atomic mass is 35.5. The maximum Gasteiger partial charge on any atom is 0.252 e. The van der Waals surface area contributed by atoms with E-state index in [0.717, 1.165) is 6.26 Å². The summed E-state index contributed by atoms with van der Waals surface area (Å²) in [6, 6.07) is 6.65. The van der Waals surface area contributed by atoms with Crippen LogP contribution in [0.5, 0.6) is 0 Å². The van der Waals surface area contributed by atoms with Crippen molar-refractivity contribution in [3.05, 3.63) is 34.9 Å². The highest BCUT2D eigenvalue weighted by Gasteiger charge is 2.48. The molecule has 1 aromatic carbocycles. The Morgan fingerprint density at radius 1 is 1.16 bits per heavy atom. The molecule has 0 unspecified atom stereocenters. The van der Waals surface area contributed by atoms with Crippen LogP contribution < -0.4 is 16.0 Å². The quantitative estimate of drug-likeness (QED) is 0.611. The average Bonchev–Trinajstić information content (AvgIpc) is 2.58. The summed E-state index contributed by atoms with van der Waals surface area (Å²) in [5.41, 5.74) is 0.349. The van der Waals surface area contributed by atoms with Crippen LogP contribution in [0, 0.1) is 0 Å². The second kappa shape index (κ2) is 8.16. The van der Waals surface area contributed by atoms with Gasteiger partial charge in [-0.25, -0.2) is 8.42 Å². The largest absolute Gasteiger partial charge is 0.353 e. The number of amides is 2. The number of hydrogen-bond donors (Lipinski definition) is 3. The van der Waals surface area contributed by atoms with Crippen LogP contribution in [-0.4, -0.2) is 57.4 Å². The minimum Gasteiger partial charge on any atom is -0.353 e. The van der Waals surface area contributed by atoms with E-state index in [2.05, 4.69) is 16.0 Å². The van der Waals surface area contributed by atoms with Crippen LogP contribution >= 0.6 is 11.6 Å². The van der Waals surface area contributed by atoms with E-state index in [4.69, 9.17) is 11.6 Å². The summed E-state index contributed by atoms with van der Waals surface area (Å²) < 4.78 is 22.9. The fourth-order valence-electron chi connectivity index (χ4n) is 2.85. The third-order valence-corrected chi connectivity index (χ3v) is 6.69. The van der Waals surface area contributed by atoms with Gasteiger partial charge in [0.2, 0.25) is 5.91 Å². The summed E-state index contributed by atoms with van der Waals surface area (Å²) in [7, 11) is -3.55. The Labute approximate surface area is 152 Å². The molecular formula is C16H22ClN3O4S. The van der Waals surface area contributed by atoms with Crippen LogP contribution in [0.1, 0.15) is 23.2 Å². The van der Waals surface area contributed by atoms with Crippen molar-refractivity contribution in [2.75, 3.05) is 32.4 Å². The zero-order valence-corrected chi connectivity index (χ0v) is 15.5. The van der Waals surface area contributed by atoms with Crippen LogP contribution in [-0.2, 0) is 14.6 Å². The Balaban J connectivity index is 1.89. The molecule has 0 aliphatic carbocycles. The number of sulfone groups is 1. The number of nitrogens with one attached hydrogen (secondary N) is 3. The molecule has 138 valence electrons. The van der Waals surface area contributed by atoms with Crippen molar-refractivity contribution < 1.29 is 18.0 Å².